The van der Waals surface area contributed by atoms with Gasteiger partial charge in [0.1, 0.15) is 0 Å². The topological polar surface area (TPSA) is 35.8 Å². The van der Waals surface area contributed by atoms with Crippen molar-refractivity contribution in [3.63, 3.8) is 0 Å². The van der Waals surface area contributed by atoms with E-state index in [0.717, 1.165) is 32.1 Å². The zero-order valence-corrected chi connectivity index (χ0v) is 11.7. The van der Waals surface area contributed by atoms with Crippen molar-refractivity contribution >= 4 is 0 Å². The molecule has 0 aromatic rings. The smallest absolute Gasteiger partial charge is 0.315 e. The van der Waals surface area contributed by atoms with Crippen molar-refractivity contribution in [1.82, 2.24) is 5.32 Å². The van der Waals surface area contributed by atoms with Gasteiger partial charge in [-0.15, -0.1) is 0 Å². The van der Waals surface area contributed by atoms with Crippen LogP contribution in [-0.2, 0) is 0 Å². The zero-order valence-electron chi connectivity index (χ0n) is 11.7. The van der Waals surface area contributed by atoms with Crippen LogP contribution in [0.3, 0.4) is 0 Å². The molecule has 0 aliphatic heterocycles. The van der Waals surface area contributed by atoms with Crippen LogP contribution in [0.25, 0.3) is 0 Å². The lowest BCUT2D eigenvalue weighted by molar-refractivity contribution is -0.157. The first-order valence-corrected chi connectivity index (χ1v) is 6.96. The molecule has 110 valence electrons. The van der Waals surface area contributed by atoms with E-state index in [-0.39, 0.29) is 12.0 Å². The number of alkyl halides is 3. The normalized spacial score (nSPS) is 20.5. The van der Waals surface area contributed by atoms with Crippen LogP contribution >= 0.6 is 0 Å². The van der Waals surface area contributed by atoms with Crippen LogP contribution in [0.15, 0.2) is 0 Å². The van der Waals surface area contributed by atoms with Crippen LogP contribution in [0.4, 0.5) is 13.2 Å². The van der Waals surface area contributed by atoms with Crippen molar-refractivity contribution in [3.05, 3.63) is 0 Å². The van der Waals surface area contributed by atoms with Crippen molar-refractivity contribution in [2.24, 2.45) is 17.3 Å². The molecule has 0 saturated heterocycles. The van der Waals surface area contributed by atoms with Gasteiger partial charge in [-0.05, 0) is 30.6 Å². The maximum absolute atomic E-state index is 12.5. The number of nitrogens with zero attached hydrogens (tertiary/aromatic N) is 1. The molecule has 0 amide bonds. The third kappa shape index (κ3) is 5.02. The first-order valence-electron chi connectivity index (χ1n) is 6.96. The average Bonchev–Trinajstić information content (AvgIpc) is 2.70. The van der Waals surface area contributed by atoms with Gasteiger partial charge in [0.25, 0.3) is 0 Å². The molecule has 1 unspecified atom stereocenters. The van der Waals surface area contributed by atoms with E-state index in [1.807, 2.05) is 0 Å². The van der Waals surface area contributed by atoms with Gasteiger partial charge >= 0.3 is 6.18 Å². The summed E-state index contributed by atoms with van der Waals surface area (Å²) in [5.74, 6) is -1.35. The number of hydrogen-bond donors (Lipinski definition) is 1. The van der Waals surface area contributed by atoms with E-state index in [1.165, 1.54) is 6.07 Å². The third-order valence-corrected chi connectivity index (χ3v) is 3.90. The molecule has 0 spiro atoms. The standard InChI is InChI=1S/C14H23F3N2/c1-11(2)7-13(5-3-4-6-13)10-19-9-12(8-18)14(15,16)17/h11-12,19H,3-7,9-10H2,1-2H3. The van der Waals surface area contributed by atoms with Crippen LogP contribution in [0.2, 0.25) is 0 Å². The van der Waals surface area contributed by atoms with Gasteiger partial charge in [-0.25, -0.2) is 0 Å². The summed E-state index contributed by atoms with van der Waals surface area (Å²) in [7, 11) is 0. The summed E-state index contributed by atoms with van der Waals surface area (Å²) in [6.07, 6.45) is 1.11. The Kier molecular flexibility index (Phi) is 5.66. The first kappa shape index (κ1) is 16.3. The summed E-state index contributed by atoms with van der Waals surface area (Å²) in [6.45, 7) is 4.60. The molecule has 1 N–H and O–H groups in total. The van der Waals surface area contributed by atoms with Gasteiger partial charge < -0.3 is 5.32 Å². The van der Waals surface area contributed by atoms with Crippen LogP contribution in [-0.4, -0.2) is 19.3 Å². The Morgan fingerprint density at radius 3 is 2.26 bits per heavy atom. The summed E-state index contributed by atoms with van der Waals surface area (Å²) in [4.78, 5) is 0. The zero-order chi connectivity index (χ0) is 14.5. The maximum Gasteiger partial charge on any atom is 0.405 e. The molecule has 19 heavy (non-hydrogen) atoms. The maximum atomic E-state index is 12.5. The van der Waals surface area contributed by atoms with Gasteiger partial charge in [-0.1, -0.05) is 26.7 Å². The Morgan fingerprint density at radius 1 is 1.26 bits per heavy atom. The van der Waals surface area contributed by atoms with E-state index in [1.54, 1.807) is 0 Å². The molecule has 1 aliphatic carbocycles. The van der Waals surface area contributed by atoms with E-state index < -0.39 is 12.1 Å². The number of rotatable bonds is 6. The molecular weight excluding hydrogens is 253 g/mol. The number of nitriles is 1. The summed E-state index contributed by atoms with van der Waals surface area (Å²) < 4.78 is 37.4. The molecule has 0 heterocycles. The highest BCUT2D eigenvalue weighted by atomic mass is 19.4. The number of halogens is 3. The third-order valence-electron chi connectivity index (χ3n) is 3.90. The summed E-state index contributed by atoms with van der Waals surface area (Å²) in [6, 6.07) is 1.33. The monoisotopic (exact) mass is 276 g/mol. The second-order valence-corrected chi connectivity index (χ2v) is 6.16. The molecule has 1 aliphatic rings. The highest BCUT2D eigenvalue weighted by Crippen LogP contribution is 2.42. The Hall–Kier alpha value is -0.760. The van der Waals surface area contributed by atoms with Gasteiger partial charge in [-0.3, -0.25) is 0 Å². The highest BCUT2D eigenvalue weighted by molar-refractivity contribution is 4.92. The molecule has 0 aromatic heterocycles. The molecule has 1 saturated carbocycles. The fourth-order valence-electron chi connectivity index (χ4n) is 3.16. The highest BCUT2D eigenvalue weighted by Gasteiger charge is 2.40. The Bertz CT molecular complexity index is 312. The van der Waals surface area contributed by atoms with Gasteiger partial charge in [0.15, 0.2) is 5.92 Å². The Labute approximate surface area is 113 Å². The van der Waals surface area contributed by atoms with Crippen LogP contribution in [0, 0.1) is 28.6 Å². The van der Waals surface area contributed by atoms with E-state index in [4.69, 9.17) is 5.26 Å². The van der Waals surface area contributed by atoms with Crippen molar-refractivity contribution < 1.29 is 13.2 Å². The van der Waals surface area contributed by atoms with E-state index >= 15 is 0 Å². The molecule has 2 nitrogen and oxygen atoms in total. The second kappa shape index (κ2) is 6.60. The van der Waals surface area contributed by atoms with Gasteiger partial charge in [0, 0.05) is 13.1 Å². The Balaban J connectivity index is 2.47. The molecule has 1 atom stereocenters. The molecule has 1 fully saturated rings. The molecule has 0 radical (unpaired) electrons. The van der Waals surface area contributed by atoms with E-state index in [2.05, 4.69) is 19.2 Å². The number of nitrogens with one attached hydrogen (secondary N) is 1. The SMILES string of the molecule is CC(C)CC1(CNCC(C#N)C(F)(F)F)CCCC1. The molecule has 0 bridgehead atoms. The predicted molar refractivity (Wildman–Crippen MR) is 68.4 cm³/mol. The molecule has 0 aromatic carbocycles. The Morgan fingerprint density at radius 2 is 1.84 bits per heavy atom. The minimum Gasteiger partial charge on any atom is -0.315 e. The van der Waals surface area contributed by atoms with Gasteiger partial charge in [0.2, 0.25) is 0 Å². The number of hydrogen-bond acceptors (Lipinski definition) is 2. The summed E-state index contributed by atoms with van der Waals surface area (Å²) in [5.41, 5.74) is 0.139. The molecule has 1 rings (SSSR count). The minimum atomic E-state index is -4.43. The van der Waals surface area contributed by atoms with E-state index in [0.29, 0.717) is 12.5 Å². The lowest BCUT2D eigenvalue weighted by Gasteiger charge is -2.31. The van der Waals surface area contributed by atoms with Crippen molar-refractivity contribution in [2.45, 2.75) is 52.1 Å². The summed E-state index contributed by atoms with van der Waals surface area (Å²) >= 11 is 0. The first-order chi connectivity index (χ1) is 8.79. The summed E-state index contributed by atoms with van der Waals surface area (Å²) in [5, 5.41) is 11.4. The van der Waals surface area contributed by atoms with Crippen molar-refractivity contribution in [2.75, 3.05) is 13.1 Å². The molecular formula is C14H23F3N2. The van der Waals surface area contributed by atoms with Crippen molar-refractivity contribution in [1.29, 1.82) is 5.26 Å². The second-order valence-electron chi connectivity index (χ2n) is 6.16. The largest absolute Gasteiger partial charge is 0.405 e. The quantitative estimate of drug-likeness (QED) is 0.799. The van der Waals surface area contributed by atoms with Crippen LogP contribution < -0.4 is 5.32 Å². The average molecular weight is 276 g/mol. The van der Waals surface area contributed by atoms with E-state index in [9.17, 15) is 13.2 Å². The van der Waals surface area contributed by atoms with Gasteiger partial charge in [-0.2, -0.15) is 18.4 Å². The van der Waals surface area contributed by atoms with Crippen LogP contribution in [0.5, 0.6) is 0 Å². The lowest BCUT2D eigenvalue weighted by Crippen LogP contribution is -2.39. The fraction of sp³-hybridized carbons (Fsp3) is 0.929. The fourth-order valence-corrected chi connectivity index (χ4v) is 3.16. The van der Waals surface area contributed by atoms with Gasteiger partial charge in [0.05, 0.1) is 6.07 Å². The molecule has 5 heteroatoms. The van der Waals surface area contributed by atoms with Crippen LogP contribution in [0.1, 0.15) is 46.0 Å². The van der Waals surface area contributed by atoms with Crippen molar-refractivity contribution in [3.8, 4) is 6.07 Å². The minimum absolute atomic E-state index is 0.139. The predicted octanol–water partition coefficient (Wildman–Crippen LogP) is 3.88. The lowest BCUT2D eigenvalue weighted by atomic mass is 9.78.